The molecule has 3 amide bonds. The molecule has 2 fully saturated rings. The van der Waals surface area contributed by atoms with Crippen LogP contribution in [0.15, 0.2) is 54.6 Å². The molecule has 1 saturated heterocycles. The number of imide groups is 1. The van der Waals surface area contributed by atoms with Crippen LogP contribution in [-0.4, -0.2) is 29.7 Å². The summed E-state index contributed by atoms with van der Waals surface area (Å²) >= 11 is 0. The van der Waals surface area contributed by atoms with Crippen LogP contribution in [0.2, 0.25) is 0 Å². The Bertz CT molecular complexity index is 935. The minimum atomic E-state index is -1.05. The Balaban J connectivity index is 1.50. The second kappa shape index (κ2) is 7.87. The highest BCUT2D eigenvalue weighted by Crippen LogP contribution is 2.26. The summed E-state index contributed by atoms with van der Waals surface area (Å²) < 4.78 is 5.52. The molecule has 0 bridgehead atoms. The third-order valence-electron chi connectivity index (χ3n) is 4.90. The summed E-state index contributed by atoms with van der Waals surface area (Å²) in [5.41, 5.74) is 1.23. The standard InChI is InChI=1S/C22H20N2O5/c25-18-12-13-19(26)24(18)17-10-6-15(7-11-17)22(28)29-20(14-4-2-1-3-5-14)21(27)23-16-8-9-16/h1-7,10-11,16,20H,8-9,12-13H2,(H,23,27)/t20-/m1/s1. The molecule has 29 heavy (non-hydrogen) atoms. The number of carbonyl (C=O) groups is 4. The fourth-order valence-corrected chi connectivity index (χ4v) is 3.19. The Labute approximate surface area is 167 Å². The number of hydrogen-bond acceptors (Lipinski definition) is 5. The molecular weight excluding hydrogens is 372 g/mol. The number of amides is 3. The van der Waals surface area contributed by atoms with Gasteiger partial charge in [0.25, 0.3) is 5.91 Å². The first-order valence-corrected chi connectivity index (χ1v) is 9.55. The molecule has 4 rings (SSSR count). The number of carbonyl (C=O) groups excluding carboxylic acids is 4. The molecule has 1 aliphatic carbocycles. The summed E-state index contributed by atoms with van der Waals surface area (Å²) in [5.74, 6) is -1.52. The molecule has 2 aromatic carbocycles. The first-order valence-electron chi connectivity index (χ1n) is 9.55. The van der Waals surface area contributed by atoms with E-state index < -0.39 is 12.1 Å². The van der Waals surface area contributed by atoms with Crippen molar-refractivity contribution >= 4 is 29.4 Å². The lowest BCUT2D eigenvalue weighted by molar-refractivity contribution is -0.130. The van der Waals surface area contributed by atoms with Crippen LogP contribution in [0.25, 0.3) is 0 Å². The van der Waals surface area contributed by atoms with Gasteiger partial charge in [-0.05, 0) is 37.1 Å². The van der Waals surface area contributed by atoms with Crippen molar-refractivity contribution in [1.29, 1.82) is 0 Å². The van der Waals surface area contributed by atoms with E-state index in [9.17, 15) is 19.2 Å². The zero-order valence-corrected chi connectivity index (χ0v) is 15.7. The summed E-state index contributed by atoms with van der Waals surface area (Å²) in [5, 5.41) is 2.87. The van der Waals surface area contributed by atoms with Crippen LogP contribution >= 0.6 is 0 Å². The Morgan fingerprint density at radius 3 is 2.14 bits per heavy atom. The predicted molar refractivity (Wildman–Crippen MR) is 104 cm³/mol. The molecule has 1 atom stereocenters. The predicted octanol–water partition coefficient (Wildman–Crippen LogP) is 2.52. The molecule has 2 aliphatic rings. The van der Waals surface area contributed by atoms with Gasteiger partial charge in [-0.2, -0.15) is 0 Å². The van der Waals surface area contributed by atoms with E-state index in [-0.39, 0.29) is 42.2 Å². The Hall–Kier alpha value is -3.48. The molecule has 0 aromatic heterocycles. The van der Waals surface area contributed by atoms with Crippen LogP contribution in [0.4, 0.5) is 5.69 Å². The molecule has 7 heteroatoms. The van der Waals surface area contributed by atoms with Crippen LogP contribution in [0.3, 0.4) is 0 Å². The lowest BCUT2D eigenvalue weighted by Crippen LogP contribution is -2.33. The van der Waals surface area contributed by atoms with Crippen LogP contribution < -0.4 is 10.2 Å². The number of nitrogens with zero attached hydrogens (tertiary/aromatic N) is 1. The molecule has 0 radical (unpaired) electrons. The maximum absolute atomic E-state index is 12.6. The summed E-state index contributed by atoms with van der Waals surface area (Å²) in [6.07, 6.45) is 1.19. The van der Waals surface area contributed by atoms with Gasteiger partial charge in [0.2, 0.25) is 17.9 Å². The number of hydrogen-bond donors (Lipinski definition) is 1. The number of ether oxygens (including phenoxy) is 1. The van der Waals surface area contributed by atoms with Gasteiger partial charge in [0, 0.05) is 24.4 Å². The van der Waals surface area contributed by atoms with Crippen LogP contribution in [0.5, 0.6) is 0 Å². The quantitative estimate of drug-likeness (QED) is 0.602. The van der Waals surface area contributed by atoms with Crippen LogP contribution in [0, 0.1) is 0 Å². The van der Waals surface area contributed by atoms with E-state index in [0.29, 0.717) is 11.3 Å². The van der Waals surface area contributed by atoms with Crippen molar-refractivity contribution in [3.8, 4) is 0 Å². The van der Waals surface area contributed by atoms with Crippen molar-refractivity contribution in [3.05, 3.63) is 65.7 Å². The van der Waals surface area contributed by atoms with Gasteiger partial charge in [-0.1, -0.05) is 30.3 Å². The lowest BCUT2D eigenvalue weighted by Gasteiger charge is -2.18. The smallest absolute Gasteiger partial charge is 0.339 e. The van der Waals surface area contributed by atoms with Gasteiger partial charge in [-0.15, -0.1) is 0 Å². The maximum atomic E-state index is 12.6. The topological polar surface area (TPSA) is 92.8 Å². The molecule has 1 heterocycles. The fourth-order valence-electron chi connectivity index (χ4n) is 3.19. The highest BCUT2D eigenvalue weighted by molar-refractivity contribution is 6.19. The largest absolute Gasteiger partial charge is 0.444 e. The third-order valence-corrected chi connectivity index (χ3v) is 4.90. The highest BCUT2D eigenvalue weighted by atomic mass is 16.5. The molecular formula is C22H20N2O5. The molecule has 1 N–H and O–H groups in total. The van der Waals surface area contributed by atoms with Gasteiger partial charge in [-0.3, -0.25) is 19.3 Å². The van der Waals surface area contributed by atoms with E-state index in [4.69, 9.17) is 4.74 Å². The maximum Gasteiger partial charge on any atom is 0.339 e. The summed E-state index contributed by atoms with van der Waals surface area (Å²) in [6.45, 7) is 0. The van der Waals surface area contributed by atoms with Crippen LogP contribution in [-0.2, 0) is 19.1 Å². The van der Waals surface area contributed by atoms with Gasteiger partial charge in [0.1, 0.15) is 0 Å². The molecule has 148 valence electrons. The van der Waals surface area contributed by atoms with Gasteiger partial charge in [0.15, 0.2) is 0 Å². The Morgan fingerprint density at radius 1 is 0.931 bits per heavy atom. The fraction of sp³-hybridized carbons (Fsp3) is 0.273. The zero-order chi connectivity index (χ0) is 20.4. The first-order chi connectivity index (χ1) is 14.0. The molecule has 1 aliphatic heterocycles. The number of esters is 1. The SMILES string of the molecule is O=C(O[C@@H](C(=O)NC1CC1)c1ccccc1)c1ccc(N2C(=O)CCC2=O)cc1. The van der Waals surface area contributed by atoms with Crippen molar-refractivity contribution in [2.24, 2.45) is 0 Å². The first kappa shape index (κ1) is 18.9. The summed E-state index contributed by atoms with van der Waals surface area (Å²) in [7, 11) is 0. The average Bonchev–Trinajstić information content (AvgIpc) is 3.49. The molecule has 0 spiro atoms. The van der Waals surface area contributed by atoms with Crippen molar-refractivity contribution in [1.82, 2.24) is 5.32 Å². The monoisotopic (exact) mass is 392 g/mol. The third kappa shape index (κ3) is 4.18. The molecule has 2 aromatic rings. The van der Waals surface area contributed by atoms with E-state index in [0.717, 1.165) is 17.7 Å². The Kier molecular flexibility index (Phi) is 5.12. The summed E-state index contributed by atoms with van der Waals surface area (Å²) in [4.78, 5) is 50.0. The highest BCUT2D eigenvalue weighted by Gasteiger charge is 2.32. The number of anilines is 1. The van der Waals surface area contributed by atoms with E-state index in [2.05, 4.69) is 5.32 Å². The molecule has 7 nitrogen and oxygen atoms in total. The zero-order valence-electron chi connectivity index (χ0n) is 15.7. The van der Waals surface area contributed by atoms with E-state index in [1.165, 1.54) is 24.3 Å². The minimum absolute atomic E-state index is 0.141. The molecule has 1 saturated carbocycles. The van der Waals surface area contributed by atoms with E-state index in [1.807, 2.05) is 6.07 Å². The van der Waals surface area contributed by atoms with Crippen molar-refractivity contribution in [2.45, 2.75) is 37.8 Å². The van der Waals surface area contributed by atoms with Crippen molar-refractivity contribution in [2.75, 3.05) is 4.90 Å². The van der Waals surface area contributed by atoms with Gasteiger partial charge in [-0.25, -0.2) is 4.79 Å². The normalized spacial score (nSPS) is 17.2. The average molecular weight is 392 g/mol. The van der Waals surface area contributed by atoms with Crippen molar-refractivity contribution < 1.29 is 23.9 Å². The number of rotatable bonds is 6. The number of benzene rings is 2. The van der Waals surface area contributed by atoms with E-state index >= 15 is 0 Å². The second-order valence-corrected chi connectivity index (χ2v) is 7.15. The van der Waals surface area contributed by atoms with Crippen molar-refractivity contribution in [3.63, 3.8) is 0 Å². The minimum Gasteiger partial charge on any atom is -0.444 e. The van der Waals surface area contributed by atoms with Gasteiger partial charge >= 0.3 is 5.97 Å². The Morgan fingerprint density at radius 2 is 1.55 bits per heavy atom. The van der Waals surface area contributed by atoms with Gasteiger partial charge in [0.05, 0.1) is 11.3 Å². The number of nitrogens with one attached hydrogen (secondary N) is 1. The lowest BCUT2D eigenvalue weighted by atomic mass is 10.1. The van der Waals surface area contributed by atoms with Gasteiger partial charge < -0.3 is 10.1 Å². The summed E-state index contributed by atoms with van der Waals surface area (Å²) in [6, 6.07) is 15.0. The van der Waals surface area contributed by atoms with E-state index in [1.54, 1.807) is 24.3 Å². The second-order valence-electron chi connectivity index (χ2n) is 7.15. The van der Waals surface area contributed by atoms with Crippen LogP contribution in [0.1, 0.15) is 47.7 Å². The molecule has 0 unspecified atom stereocenters.